The van der Waals surface area contributed by atoms with Gasteiger partial charge in [0.15, 0.2) is 12.4 Å². The minimum absolute atomic E-state index is 0.0637. The van der Waals surface area contributed by atoms with Crippen molar-refractivity contribution in [2.45, 2.75) is 31.4 Å². The molecule has 0 fully saturated rings. The molecule has 1 aromatic heterocycles. The number of para-hydroxylation sites is 1. The van der Waals surface area contributed by atoms with Crippen LogP contribution in [0.15, 0.2) is 59.5 Å². The number of hydrogen-bond acceptors (Lipinski definition) is 9. The van der Waals surface area contributed by atoms with Crippen molar-refractivity contribution in [1.82, 2.24) is 19.7 Å². The van der Waals surface area contributed by atoms with E-state index in [9.17, 15) is 17.6 Å². The third kappa shape index (κ3) is 6.43. The molecule has 2 aromatic carbocycles. The third-order valence-corrected chi connectivity index (χ3v) is 5.88. The molecule has 174 valence electrons. The summed E-state index contributed by atoms with van der Waals surface area (Å²) in [6.45, 7) is 2.87. The van der Waals surface area contributed by atoms with E-state index in [1.165, 1.54) is 12.1 Å². The summed E-state index contributed by atoms with van der Waals surface area (Å²) in [6, 6.07) is 12.7. The van der Waals surface area contributed by atoms with Crippen molar-refractivity contribution in [3.8, 4) is 0 Å². The summed E-state index contributed by atoms with van der Waals surface area (Å²) in [4.78, 5) is 24.2. The van der Waals surface area contributed by atoms with E-state index in [0.717, 1.165) is 12.1 Å². The second-order valence-electron chi connectivity index (χ2n) is 7.31. The minimum Gasteiger partial charge on any atom is -0.456 e. The average Bonchev–Trinajstić information content (AvgIpc) is 2.76. The lowest BCUT2D eigenvalue weighted by atomic mass is 10.1. The number of nitrogens with one attached hydrogen (secondary N) is 2. The fourth-order valence-corrected chi connectivity index (χ4v) is 4.20. The highest BCUT2D eigenvalue weighted by atomic mass is 32.2. The number of sulfonamides is 1. The summed E-state index contributed by atoms with van der Waals surface area (Å²) < 4.78 is 46.6. The zero-order chi connectivity index (χ0) is 24.0. The van der Waals surface area contributed by atoms with Crippen molar-refractivity contribution in [3.05, 3.63) is 66.2 Å². The van der Waals surface area contributed by atoms with Crippen molar-refractivity contribution >= 4 is 33.6 Å². The molecule has 0 radical (unpaired) electrons. The first-order chi connectivity index (χ1) is 15.7. The van der Waals surface area contributed by atoms with Gasteiger partial charge in [-0.1, -0.05) is 44.2 Å². The number of rotatable bonds is 9. The second kappa shape index (κ2) is 10.3. The molecule has 1 unspecified atom stereocenters. The van der Waals surface area contributed by atoms with Gasteiger partial charge in [0.25, 0.3) is 0 Å². The van der Waals surface area contributed by atoms with Crippen LogP contribution in [0.2, 0.25) is 0 Å². The molecule has 10 nitrogen and oxygen atoms in total. The number of hydrogen-bond donors (Lipinski definition) is 3. The highest BCUT2D eigenvalue weighted by Crippen LogP contribution is 2.17. The number of carbonyl (C=O) groups excluding carboxylic acids is 1. The molecule has 0 saturated heterocycles. The Morgan fingerprint density at radius 3 is 2.39 bits per heavy atom. The maximum Gasteiger partial charge on any atom is 0.324 e. The van der Waals surface area contributed by atoms with Crippen LogP contribution in [0, 0.1) is 11.7 Å². The number of nitrogen functional groups attached to an aromatic ring is 1. The SMILES string of the molecule is CC(C)C(NS(=O)(=O)c1ccccc1F)C(=O)OCc1nc(N)nc(Nc2ccccc2)n1. The van der Waals surface area contributed by atoms with Crippen LogP contribution in [0.1, 0.15) is 19.7 Å². The molecule has 33 heavy (non-hydrogen) atoms. The zero-order valence-electron chi connectivity index (χ0n) is 17.9. The molecule has 0 aliphatic carbocycles. The van der Waals surface area contributed by atoms with Gasteiger partial charge in [0.05, 0.1) is 0 Å². The molecular formula is C21H23FN6O4S. The highest BCUT2D eigenvalue weighted by Gasteiger charge is 2.31. The van der Waals surface area contributed by atoms with Crippen molar-refractivity contribution in [2.75, 3.05) is 11.1 Å². The number of aromatic nitrogens is 3. The Balaban J connectivity index is 1.71. The zero-order valence-corrected chi connectivity index (χ0v) is 18.7. The lowest BCUT2D eigenvalue weighted by Gasteiger charge is -2.21. The predicted octanol–water partition coefficient (Wildman–Crippen LogP) is 2.38. The predicted molar refractivity (Wildman–Crippen MR) is 119 cm³/mol. The molecule has 0 spiro atoms. The summed E-state index contributed by atoms with van der Waals surface area (Å²) in [5, 5.41) is 2.96. The summed E-state index contributed by atoms with van der Waals surface area (Å²) in [7, 11) is -4.31. The van der Waals surface area contributed by atoms with Gasteiger partial charge in [0.2, 0.25) is 21.9 Å². The molecule has 1 atom stereocenters. The summed E-state index contributed by atoms with van der Waals surface area (Å²) in [5.74, 6) is -2.16. The maximum atomic E-state index is 14.0. The number of nitrogens with two attached hydrogens (primary N) is 1. The number of esters is 1. The Morgan fingerprint density at radius 1 is 1.06 bits per heavy atom. The van der Waals surface area contributed by atoms with Gasteiger partial charge in [-0.25, -0.2) is 12.8 Å². The molecular weight excluding hydrogens is 451 g/mol. The van der Waals surface area contributed by atoms with E-state index in [2.05, 4.69) is 25.0 Å². The first-order valence-corrected chi connectivity index (χ1v) is 11.4. The smallest absolute Gasteiger partial charge is 0.324 e. The van der Waals surface area contributed by atoms with Crippen molar-refractivity contribution in [3.63, 3.8) is 0 Å². The third-order valence-electron chi connectivity index (χ3n) is 4.40. The topological polar surface area (TPSA) is 149 Å². The normalized spacial score (nSPS) is 12.4. The Labute approximate surface area is 190 Å². The van der Waals surface area contributed by atoms with E-state index in [4.69, 9.17) is 10.5 Å². The van der Waals surface area contributed by atoms with Gasteiger partial charge >= 0.3 is 5.97 Å². The second-order valence-corrected chi connectivity index (χ2v) is 8.99. The molecule has 0 aliphatic heterocycles. The molecule has 3 rings (SSSR count). The molecule has 0 saturated carbocycles. The van der Waals surface area contributed by atoms with Gasteiger partial charge in [-0.2, -0.15) is 19.7 Å². The van der Waals surface area contributed by atoms with Crippen LogP contribution in [-0.4, -0.2) is 35.4 Å². The molecule has 0 amide bonds. The van der Waals surface area contributed by atoms with E-state index in [1.807, 2.05) is 18.2 Å². The Kier molecular flexibility index (Phi) is 7.51. The van der Waals surface area contributed by atoms with Gasteiger partial charge < -0.3 is 15.8 Å². The lowest BCUT2D eigenvalue weighted by molar-refractivity contribution is -0.148. The van der Waals surface area contributed by atoms with Gasteiger partial charge in [-0.05, 0) is 30.2 Å². The van der Waals surface area contributed by atoms with Crippen LogP contribution in [-0.2, 0) is 26.2 Å². The molecule has 12 heteroatoms. The first-order valence-electron chi connectivity index (χ1n) is 9.91. The van der Waals surface area contributed by atoms with Crippen molar-refractivity contribution in [1.29, 1.82) is 0 Å². The number of anilines is 3. The Morgan fingerprint density at radius 2 is 1.73 bits per heavy atom. The highest BCUT2D eigenvalue weighted by molar-refractivity contribution is 7.89. The standard InChI is InChI=1S/C21H23FN6O4S/c1-13(2)18(28-33(30,31)16-11-7-6-10-15(16)22)19(29)32-12-17-25-20(23)27-21(26-17)24-14-8-4-3-5-9-14/h3-11,13,18,28H,12H2,1-2H3,(H3,23,24,25,26,27). The number of halogens is 1. The van der Waals surface area contributed by atoms with Crippen LogP contribution in [0.25, 0.3) is 0 Å². The quantitative estimate of drug-likeness (QED) is 0.397. The van der Waals surface area contributed by atoms with E-state index in [0.29, 0.717) is 5.69 Å². The van der Waals surface area contributed by atoms with Crippen molar-refractivity contribution < 1.29 is 22.3 Å². The average molecular weight is 475 g/mol. The lowest BCUT2D eigenvalue weighted by Crippen LogP contribution is -2.45. The van der Waals surface area contributed by atoms with E-state index >= 15 is 0 Å². The van der Waals surface area contributed by atoms with Gasteiger partial charge in [0, 0.05) is 5.69 Å². The monoisotopic (exact) mass is 474 g/mol. The van der Waals surface area contributed by atoms with E-state index < -0.39 is 38.7 Å². The Bertz CT molecular complexity index is 1220. The van der Waals surface area contributed by atoms with Gasteiger partial charge in [0.1, 0.15) is 16.8 Å². The largest absolute Gasteiger partial charge is 0.456 e. The summed E-state index contributed by atoms with van der Waals surface area (Å²) >= 11 is 0. The van der Waals surface area contributed by atoms with Crippen LogP contribution >= 0.6 is 0 Å². The molecule has 1 heterocycles. The van der Waals surface area contributed by atoms with Crippen LogP contribution in [0.3, 0.4) is 0 Å². The summed E-state index contributed by atoms with van der Waals surface area (Å²) in [5.41, 5.74) is 6.44. The van der Waals surface area contributed by atoms with Crippen LogP contribution in [0.5, 0.6) is 0 Å². The first kappa shape index (κ1) is 24.0. The molecule has 4 N–H and O–H groups in total. The van der Waals surface area contributed by atoms with Crippen LogP contribution in [0.4, 0.5) is 22.0 Å². The van der Waals surface area contributed by atoms with Crippen LogP contribution < -0.4 is 15.8 Å². The molecule has 3 aromatic rings. The summed E-state index contributed by atoms with van der Waals surface area (Å²) in [6.07, 6.45) is 0. The van der Waals surface area contributed by atoms with E-state index in [-0.39, 0.29) is 24.3 Å². The number of ether oxygens (including phenoxy) is 1. The van der Waals surface area contributed by atoms with Gasteiger partial charge in [-0.3, -0.25) is 4.79 Å². The Hall–Kier alpha value is -3.64. The number of nitrogens with zero attached hydrogens (tertiary/aromatic N) is 3. The molecule has 0 bridgehead atoms. The van der Waals surface area contributed by atoms with Gasteiger partial charge in [-0.15, -0.1) is 0 Å². The minimum atomic E-state index is -4.31. The molecule has 0 aliphatic rings. The fraction of sp³-hybridized carbons (Fsp3) is 0.238. The number of benzene rings is 2. The fourth-order valence-electron chi connectivity index (χ4n) is 2.78. The van der Waals surface area contributed by atoms with Crippen molar-refractivity contribution in [2.24, 2.45) is 5.92 Å². The number of carbonyl (C=O) groups is 1. The maximum absolute atomic E-state index is 14.0. The van der Waals surface area contributed by atoms with E-state index in [1.54, 1.807) is 26.0 Å².